The van der Waals surface area contributed by atoms with Crippen LogP contribution in [0.2, 0.25) is 0 Å². The summed E-state index contributed by atoms with van der Waals surface area (Å²) in [6, 6.07) is 3.56. The molecular weight excluding hydrogens is 217 g/mol. The van der Waals surface area contributed by atoms with Crippen molar-refractivity contribution in [3.8, 4) is 0 Å². The highest BCUT2D eigenvalue weighted by Gasteiger charge is 2.32. The minimum absolute atomic E-state index is 0.108. The van der Waals surface area contributed by atoms with Crippen molar-refractivity contribution in [1.29, 1.82) is 0 Å². The summed E-state index contributed by atoms with van der Waals surface area (Å²) in [5.74, 6) is -0.278. The highest BCUT2D eigenvalue weighted by atomic mass is 19.1. The smallest absolute Gasteiger partial charge is 0.257 e. The number of hydrogen-bond acceptors (Lipinski definition) is 1. The summed E-state index contributed by atoms with van der Waals surface area (Å²) in [6.07, 6.45) is 0. The molecule has 1 aromatic rings. The minimum Gasteiger partial charge on any atom is -0.332 e. The quantitative estimate of drug-likeness (QED) is 0.770. The van der Waals surface area contributed by atoms with Gasteiger partial charge in [-0.3, -0.25) is 4.79 Å². The van der Waals surface area contributed by atoms with Crippen LogP contribution in [0.5, 0.6) is 0 Å². The lowest BCUT2D eigenvalue weighted by atomic mass is 9.98. The van der Waals surface area contributed by atoms with E-state index in [4.69, 9.17) is 0 Å². The van der Waals surface area contributed by atoms with Gasteiger partial charge in [0, 0.05) is 12.6 Å². The number of carbonyl (C=O) groups excluding carboxylic acids is 1. The fraction of sp³-hybridized carbons (Fsp3) is 0.500. The average Bonchev–Trinajstić information content (AvgIpc) is 2.56. The molecule has 1 heterocycles. The standard InChI is InChI=1S/C14H18FNO/c1-8(2)10-5-11-7-16(9(3)4)14(17)13(11)12(15)6-10/h5-6,8-9H,7H2,1-4H3. The molecule has 0 N–H and O–H groups in total. The second-order valence-electron chi connectivity index (χ2n) is 5.22. The average molecular weight is 235 g/mol. The Kier molecular flexibility index (Phi) is 2.94. The molecule has 1 aliphatic heterocycles. The number of rotatable bonds is 2. The van der Waals surface area contributed by atoms with E-state index >= 15 is 0 Å². The lowest BCUT2D eigenvalue weighted by Crippen LogP contribution is -2.31. The molecule has 1 aliphatic rings. The summed E-state index contributed by atoms with van der Waals surface area (Å²) >= 11 is 0. The van der Waals surface area contributed by atoms with Crippen molar-refractivity contribution < 1.29 is 9.18 Å². The van der Waals surface area contributed by atoms with E-state index in [0.717, 1.165) is 11.1 Å². The molecule has 0 spiro atoms. The number of halogens is 1. The monoisotopic (exact) mass is 235 g/mol. The fourth-order valence-electron chi connectivity index (χ4n) is 2.20. The highest BCUT2D eigenvalue weighted by Crippen LogP contribution is 2.30. The van der Waals surface area contributed by atoms with E-state index in [1.807, 2.05) is 33.8 Å². The number of amides is 1. The van der Waals surface area contributed by atoms with Crippen LogP contribution in [0.4, 0.5) is 4.39 Å². The van der Waals surface area contributed by atoms with Crippen LogP contribution in [0.25, 0.3) is 0 Å². The molecule has 0 aliphatic carbocycles. The van der Waals surface area contributed by atoms with Gasteiger partial charge in [0.1, 0.15) is 5.82 Å². The molecule has 17 heavy (non-hydrogen) atoms. The Labute approximate surface area is 101 Å². The van der Waals surface area contributed by atoms with Crippen molar-refractivity contribution in [3.05, 3.63) is 34.6 Å². The van der Waals surface area contributed by atoms with Crippen LogP contribution in [0.1, 0.15) is 55.1 Å². The first-order chi connectivity index (χ1) is 7.91. The van der Waals surface area contributed by atoms with Crippen LogP contribution < -0.4 is 0 Å². The molecule has 0 saturated heterocycles. The van der Waals surface area contributed by atoms with Crippen molar-refractivity contribution in [2.24, 2.45) is 0 Å². The van der Waals surface area contributed by atoms with Crippen molar-refractivity contribution in [2.75, 3.05) is 0 Å². The Balaban J connectivity index is 2.48. The molecular formula is C14H18FNO. The Hall–Kier alpha value is -1.38. The number of carbonyl (C=O) groups is 1. The minimum atomic E-state index is -0.376. The lowest BCUT2D eigenvalue weighted by molar-refractivity contribution is 0.0727. The van der Waals surface area contributed by atoms with E-state index in [1.54, 1.807) is 4.90 Å². The van der Waals surface area contributed by atoms with Gasteiger partial charge in [-0.05, 0) is 37.0 Å². The number of benzene rings is 1. The summed E-state index contributed by atoms with van der Waals surface area (Å²) in [5, 5.41) is 0. The number of fused-ring (bicyclic) bond motifs is 1. The third kappa shape index (κ3) is 1.94. The fourth-order valence-corrected chi connectivity index (χ4v) is 2.20. The summed E-state index contributed by atoms with van der Waals surface area (Å²) in [7, 11) is 0. The van der Waals surface area contributed by atoms with E-state index in [0.29, 0.717) is 6.54 Å². The third-order valence-corrected chi connectivity index (χ3v) is 3.30. The molecule has 0 fully saturated rings. The molecule has 0 saturated carbocycles. The second kappa shape index (κ2) is 4.13. The molecule has 2 rings (SSSR count). The van der Waals surface area contributed by atoms with E-state index < -0.39 is 0 Å². The van der Waals surface area contributed by atoms with Crippen LogP contribution in [-0.2, 0) is 6.54 Å². The lowest BCUT2D eigenvalue weighted by Gasteiger charge is -2.19. The van der Waals surface area contributed by atoms with Gasteiger partial charge in [0.15, 0.2) is 0 Å². The van der Waals surface area contributed by atoms with Gasteiger partial charge in [0.25, 0.3) is 5.91 Å². The molecule has 2 nitrogen and oxygen atoms in total. The Morgan fingerprint density at radius 1 is 1.24 bits per heavy atom. The van der Waals surface area contributed by atoms with Gasteiger partial charge in [-0.15, -0.1) is 0 Å². The second-order valence-corrected chi connectivity index (χ2v) is 5.22. The molecule has 3 heteroatoms. The van der Waals surface area contributed by atoms with Gasteiger partial charge < -0.3 is 4.90 Å². The summed E-state index contributed by atoms with van der Waals surface area (Å²) in [5.41, 5.74) is 2.05. The maximum atomic E-state index is 14.0. The Bertz CT molecular complexity index is 466. The maximum absolute atomic E-state index is 14.0. The predicted molar refractivity (Wildman–Crippen MR) is 65.5 cm³/mol. The molecule has 0 unspecified atom stereocenters. The van der Waals surface area contributed by atoms with Gasteiger partial charge in [-0.1, -0.05) is 19.9 Å². The van der Waals surface area contributed by atoms with E-state index in [2.05, 4.69) is 0 Å². The Morgan fingerprint density at radius 2 is 1.88 bits per heavy atom. The predicted octanol–water partition coefficient (Wildman–Crippen LogP) is 3.31. The largest absolute Gasteiger partial charge is 0.332 e. The zero-order valence-electron chi connectivity index (χ0n) is 10.7. The first kappa shape index (κ1) is 12.1. The molecule has 0 aromatic heterocycles. The van der Waals surface area contributed by atoms with E-state index in [9.17, 15) is 9.18 Å². The van der Waals surface area contributed by atoms with Gasteiger partial charge in [-0.2, -0.15) is 0 Å². The zero-order valence-corrected chi connectivity index (χ0v) is 10.7. The Morgan fingerprint density at radius 3 is 2.41 bits per heavy atom. The van der Waals surface area contributed by atoms with Crippen LogP contribution in [0.3, 0.4) is 0 Å². The zero-order chi connectivity index (χ0) is 12.7. The van der Waals surface area contributed by atoms with Crippen LogP contribution in [0, 0.1) is 5.82 Å². The van der Waals surface area contributed by atoms with E-state index in [-0.39, 0.29) is 29.2 Å². The summed E-state index contributed by atoms with van der Waals surface area (Å²) in [4.78, 5) is 13.7. The normalized spacial score (nSPS) is 15.0. The van der Waals surface area contributed by atoms with Gasteiger partial charge in [-0.25, -0.2) is 4.39 Å². The van der Waals surface area contributed by atoms with Crippen molar-refractivity contribution in [3.63, 3.8) is 0 Å². The third-order valence-electron chi connectivity index (χ3n) is 3.30. The molecule has 0 bridgehead atoms. The van der Waals surface area contributed by atoms with Crippen molar-refractivity contribution in [1.82, 2.24) is 4.90 Å². The molecule has 0 atom stereocenters. The summed E-state index contributed by atoms with van der Waals surface area (Å²) in [6.45, 7) is 8.48. The van der Waals surface area contributed by atoms with Crippen molar-refractivity contribution in [2.45, 2.75) is 46.2 Å². The molecule has 0 radical (unpaired) electrons. The highest BCUT2D eigenvalue weighted by molar-refractivity contribution is 5.98. The SMILES string of the molecule is CC(C)c1cc(F)c2c(c1)CN(C(C)C)C2=O. The molecule has 92 valence electrons. The maximum Gasteiger partial charge on any atom is 0.257 e. The van der Waals surface area contributed by atoms with Gasteiger partial charge in [0.2, 0.25) is 0 Å². The van der Waals surface area contributed by atoms with E-state index in [1.165, 1.54) is 6.07 Å². The first-order valence-electron chi connectivity index (χ1n) is 6.05. The van der Waals surface area contributed by atoms with Gasteiger partial charge >= 0.3 is 0 Å². The van der Waals surface area contributed by atoms with Gasteiger partial charge in [0.05, 0.1) is 5.56 Å². The summed E-state index contributed by atoms with van der Waals surface area (Å²) < 4.78 is 14.0. The number of hydrogen-bond donors (Lipinski definition) is 0. The number of nitrogens with zero attached hydrogens (tertiary/aromatic N) is 1. The van der Waals surface area contributed by atoms with Crippen LogP contribution in [0.15, 0.2) is 12.1 Å². The topological polar surface area (TPSA) is 20.3 Å². The van der Waals surface area contributed by atoms with Crippen LogP contribution >= 0.6 is 0 Å². The van der Waals surface area contributed by atoms with Crippen molar-refractivity contribution >= 4 is 5.91 Å². The first-order valence-corrected chi connectivity index (χ1v) is 6.05. The molecule has 1 amide bonds. The van der Waals surface area contributed by atoms with Crippen LogP contribution in [-0.4, -0.2) is 16.8 Å². The molecule has 1 aromatic carbocycles.